The average molecular weight is 233 g/mol. The maximum atomic E-state index is 9.28. The molecule has 86 valence electrons. The SMILES string of the molecule is Cc1ccc2c(c1)Oc1ccccc1C=C2C#N. The van der Waals surface area contributed by atoms with Crippen molar-refractivity contribution in [3.63, 3.8) is 0 Å². The van der Waals surface area contributed by atoms with E-state index in [-0.39, 0.29) is 0 Å². The average Bonchev–Trinajstić information content (AvgIpc) is 2.53. The van der Waals surface area contributed by atoms with E-state index in [4.69, 9.17) is 4.74 Å². The monoisotopic (exact) mass is 233 g/mol. The molecule has 0 bridgehead atoms. The zero-order valence-corrected chi connectivity index (χ0v) is 9.97. The minimum Gasteiger partial charge on any atom is -0.456 e. The molecule has 0 atom stereocenters. The van der Waals surface area contributed by atoms with E-state index in [1.54, 1.807) is 0 Å². The maximum absolute atomic E-state index is 9.28. The predicted octanol–water partition coefficient (Wildman–Crippen LogP) is 4.16. The fourth-order valence-corrected chi connectivity index (χ4v) is 2.07. The molecule has 2 nitrogen and oxygen atoms in total. The number of aryl methyl sites for hydroxylation is 1. The van der Waals surface area contributed by atoms with Crippen molar-refractivity contribution in [1.82, 2.24) is 0 Å². The summed E-state index contributed by atoms with van der Waals surface area (Å²) in [6, 6.07) is 15.9. The summed E-state index contributed by atoms with van der Waals surface area (Å²) in [5.74, 6) is 1.53. The molecule has 1 aliphatic heterocycles. The zero-order valence-electron chi connectivity index (χ0n) is 9.97. The van der Waals surface area contributed by atoms with Gasteiger partial charge in [0.1, 0.15) is 11.5 Å². The molecule has 0 saturated carbocycles. The van der Waals surface area contributed by atoms with Gasteiger partial charge in [-0.05, 0) is 36.8 Å². The van der Waals surface area contributed by atoms with Gasteiger partial charge in [0, 0.05) is 11.1 Å². The number of nitriles is 1. The first kappa shape index (κ1) is 10.6. The first-order valence-electron chi connectivity index (χ1n) is 5.77. The summed E-state index contributed by atoms with van der Waals surface area (Å²) in [6.45, 7) is 2.01. The number of para-hydroxylation sites is 1. The van der Waals surface area contributed by atoms with Gasteiger partial charge >= 0.3 is 0 Å². The van der Waals surface area contributed by atoms with Crippen molar-refractivity contribution < 1.29 is 4.74 Å². The molecule has 0 N–H and O–H groups in total. The fraction of sp³-hybridized carbons (Fsp3) is 0.0625. The van der Waals surface area contributed by atoms with E-state index >= 15 is 0 Å². The molecule has 0 saturated heterocycles. The number of ether oxygens (including phenoxy) is 1. The number of benzene rings is 2. The highest BCUT2D eigenvalue weighted by Gasteiger charge is 2.16. The van der Waals surface area contributed by atoms with Gasteiger partial charge < -0.3 is 4.74 Å². The van der Waals surface area contributed by atoms with Crippen LogP contribution >= 0.6 is 0 Å². The van der Waals surface area contributed by atoms with Crippen molar-refractivity contribution in [2.45, 2.75) is 6.92 Å². The molecule has 2 aromatic carbocycles. The smallest absolute Gasteiger partial charge is 0.136 e. The molecule has 1 aliphatic rings. The Balaban J connectivity index is 2.28. The third-order valence-electron chi connectivity index (χ3n) is 2.99. The Morgan fingerprint density at radius 3 is 2.72 bits per heavy atom. The van der Waals surface area contributed by atoms with Crippen molar-refractivity contribution in [3.8, 4) is 17.6 Å². The van der Waals surface area contributed by atoms with Gasteiger partial charge in [0.15, 0.2) is 0 Å². The minimum atomic E-state index is 0.634. The number of fused-ring (bicyclic) bond motifs is 2. The topological polar surface area (TPSA) is 33.0 Å². The lowest BCUT2D eigenvalue weighted by atomic mass is 10.0. The first-order valence-corrected chi connectivity index (χ1v) is 5.77. The molecule has 2 heteroatoms. The van der Waals surface area contributed by atoms with E-state index < -0.39 is 0 Å². The van der Waals surface area contributed by atoms with Crippen LogP contribution in [0.15, 0.2) is 42.5 Å². The van der Waals surface area contributed by atoms with Crippen molar-refractivity contribution in [3.05, 3.63) is 59.2 Å². The standard InChI is InChI=1S/C16H11NO/c1-11-6-7-14-13(10-17)9-12-4-2-3-5-15(12)18-16(14)8-11/h2-9H,1H3. The highest BCUT2D eigenvalue weighted by molar-refractivity contribution is 5.93. The molecular weight excluding hydrogens is 222 g/mol. The summed E-state index contributed by atoms with van der Waals surface area (Å²) in [7, 11) is 0. The van der Waals surface area contributed by atoms with E-state index in [9.17, 15) is 5.26 Å². The Kier molecular flexibility index (Phi) is 2.39. The molecule has 0 radical (unpaired) electrons. The molecular formula is C16H11NO. The second-order valence-electron chi connectivity index (χ2n) is 4.31. The molecule has 0 unspecified atom stereocenters. The van der Waals surface area contributed by atoms with Crippen LogP contribution in [0.3, 0.4) is 0 Å². The van der Waals surface area contributed by atoms with Crippen LogP contribution in [0.2, 0.25) is 0 Å². The summed E-state index contributed by atoms with van der Waals surface area (Å²) in [5.41, 5.74) is 3.53. The van der Waals surface area contributed by atoms with Gasteiger partial charge in [-0.2, -0.15) is 5.26 Å². The number of hydrogen-bond acceptors (Lipinski definition) is 2. The molecule has 0 spiro atoms. The predicted molar refractivity (Wildman–Crippen MR) is 71.2 cm³/mol. The number of hydrogen-bond donors (Lipinski definition) is 0. The van der Waals surface area contributed by atoms with Gasteiger partial charge in [-0.15, -0.1) is 0 Å². The highest BCUT2D eigenvalue weighted by atomic mass is 16.5. The number of nitrogens with zero attached hydrogens (tertiary/aromatic N) is 1. The molecule has 0 amide bonds. The first-order chi connectivity index (χ1) is 8.78. The van der Waals surface area contributed by atoms with Crippen LogP contribution in [-0.2, 0) is 0 Å². The van der Waals surface area contributed by atoms with Gasteiger partial charge in [-0.3, -0.25) is 0 Å². The van der Waals surface area contributed by atoms with E-state index in [1.165, 1.54) is 0 Å². The van der Waals surface area contributed by atoms with Gasteiger partial charge in [0.25, 0.3) is 0 Å². The quantitative estimate of drug-likeness (QED) is 0.684. The van der Waals surface area contributed by atoms with Crippen LogP contribution in [-0.4, -0.2) is 0 Å². The molecule has 2 aromatic rings. The summed E-state index contributed by atoms with van der Waals surface area (Å²) in [6.07, 6.45) is 1.87. The molecule has 18 heavy (non-hydrogen) atoms. The van der Waals surface area contributed by atoms with E-state index in [0.717, 1.165) is 28.2 Å². The van der Waals surface area contributed by atoms with Crippen LogP contribution in [0.25, 0.3) is 11.6 Å². The molecule has 3 rings (SSSR count). The van der Waals surface area contributed by atoms with Gasteiger partial charge in [0.05, 0.1) is 11.6 Å². The van der Waals surface area contributed by atoms with Gasteiger partial charge in [0.2, 0.25) is 0 Å². The Bertz CT molecular complexity index is 692. The maximum Gasteiger partial charge on any atom is 0.136 e. The van der Waals surface area contributed by atoms with Crippen molar-refractivity contribution in [2.24, 2.45) is 0 Å². The molecule has 0 aromatic heterocycles. The molecule has 0 aliphatic carbocycles. The third-order valence-corrected chi connectivity index (χ3v) is 2.99. The third kappa shape index (κ3) is 1.66. The van der Waals surface area contributed by atoms with E-state index in [1.807, 2.05) is 55.5 Å². The largest absolute Gasteiger partial charge is 0.456 e. The fourth-order valence-electron chi connectivity index (χ4n) is 2.07. The Hall–Kier alpha value is -2.53. The lowest BCUT2D eigenvalue weighted by Crippen LogP contribution is -1.89. The minimum absolute atomic E-state index is 0.634. The zero-order chi connectivity index (χ0) is 12.5. The van der Waals surface area contributed by atoms with Gasteiger partial charge in [-0.1, -0.05) is 24.3 Å². The van der Waals surface area contributed by atoms with Crippen LogP contribution < -0.4 is 4.74 Å². The van der Waals surface area contributed by atoms with E-state index in [0.29, 0.717) is 5.57 Å². The second kappa shape index (κ2) is 4.05. The van der Waals surface area contributed by atoms with Crippen LogP contribution in [0.4, 0.5) is 0 Å². The summed E-state index contributed by atoms with van der Waals surface area (Å²) < 4.78 is 5.91. The number of allylic oxidation sites excluding steroid dienone is 1. The number of rotatable bonds is 0. The van der Waals surface area contributed by atoms with Crippen molar-refractivity contribution >= 4 is 11.6 Å². The lowest BCUT2D eigenvalue weighted by Gasteiger charge is -2.09. The Morgan fingerprint density at radius 1 is 1.06 bits per heavy atom. The summed E-state index contributed by atoms with van der Waals surface area (Å²) in [5, 5.41) is 9.28. The van der Waals surface area contributed by atoms with Crippen molar-refractivity contribution in [1.29, 1.82) is 5.26 Å². The normalized spacial score (nSPS) is 12.3. The van der Waals surface area contributed by atoms with E-state index in [2.05, 4.69) is 6.07 Å². The van der Waals surface area contributed by atoms with Crippen LogP contribution in [0.5, 0.6) is 11.5 Å². The van der Waals surface area contributed by atoms with Crippen LogP contribution in [0.1, 0.15) is 16.7 Å². The Morgan fingerprint density at radius 2 is 1.89 bits per heavy atom. The second-order valence-corrected chi connectivity index (χ2v) is 4.31. The molecule has 1 heterocycles. The molecule has 0 fully saturated rings. The highest BCUT2D eigenvalue weighted by Crippen LogP contribution is 2.37. The summed E-state index contributed by atoms with van der Waals surface area (Å²) >= 11 is 0. The summed E-state index contributed by atoms with van der Waals surface area (Å²) in [4.78, 5) is 0. The van der Waals surface area contributed by atoms with Crippen molar-refractivity contribution in [2.75, 3.05) is 0 Å². The lowest BCUT2D eigenvalue weighted by molar-refractivity contribution is 0.481. The van der Waals surface area contributed by atoms with Crippen LogP contribution in [0, 0.1) is 18.3 Å². The Labute approximate surface area is 106 Å². The van der Waals surface area contributed by atoms with Gasteiger partial charge in [-0.25, -0.2) is 0 Å².